The third kappa shape index (κ3) is 2.04. The molecule has 2 fully saturated rings. The first kappa shape index (κ1) is 12.4. The summed E-state index contributed by atoms with van der Waals surface area (Å²) < 4.78 is 0. The number of hydrogen-bond acceptors (Lipinski definition) is 3. The van der Waals surface area contributed by atoms with Gasteiger partial charge in [-0.1, -0.05) is 6.42 Å². The summed E-state index contributed by atoms with van der Waals surface area (Å²) >= 11 is 0. The zero-order chi connectivity index (χ0) is 12.6. The number of carbonyl (C=O) groups excluding carboxylic acids is 1. The van der Waals surface area contributed by atoms with Crippen LogP contribution in [0.5, 0.6) is 0 Å². The van der Waals surface area contributed by atoms with E-state index in [-0.39, 0.29) is 17.9 Å². The highest BCUT2D eigenvalue weighted by Gasteiger charge is 2.49. The Morgan fingerprint density at radius 1 is 1.41 bits per heavy atom. The predicted octanol–water partition coefficient (Wildman–Crippen LogP) is 0.306. The highest BCUT2D eigenvalue weighted by Crippen LogP contribution is 2.42. The number of likely N-dealkylation sites (tertiary alicyclic amines) is 1. The van der Waals surface area contributed by atoms with Crippen LogP contribution < -0.4 is 5.32 Å². The van der Waals surface area contributed by atoms with Gasteiger partial charge in [0.25, 0.3) is 0 Å². The molecule has 0 aromatic heterocycles. The second-order valence-electron chi connectivity index (χ2n) is 5.14. The summed E-state index contributed by atoms with van der Waals surface area (Å²) in [5, 5.41) is 12.2. The van der Waals surface area contributed by atoms with E-state index in [9.17, 15) is 14.7 Å². The van der Waals surface area contributed by atoms with Crippen LogP contribution in [0.3, 0.4) is 0 Å². The number of nitrogens with one attached hydrogen (secondary N) is 1. The average molecular weight is 240 g/mol. The van der Waals surface area contributed by atoms with Crippen molar-refractivity contribution in [3.8, 4) is 0 Å². The standard InChI is InChI=1S/C12H20N2O3/c1-7(13-2)11(15)14-6-8-4-3-5-9(8)10(14)12(16)17/h7-10,13H,3-6H2,1-2H3,(H,16,17). The number of aliphatic carboxylic acids is 1. The maximum Gasteiger partial charge on any atom is 0.326 e. The van der Waals surface area contributed by atoms with Crippen LogP contribution in [0.25, 0.3) is 0 Å². The summed E-state index contributed by atoms with van der Waals surface area (Å²) in [5.41, 5.74) is 0. The van der Waals surface area contributed by atoms with Gasteiger partial charge in [0.1, 0.15) is 6.04 Å². The smallest absolute Gasteiger partial charge is 0.326 e. The molecule has 1 heterocycles. The Labute approximate surface area is 101 Å². The molecule has 2 N–H and O–H groups in total. The van der Waals surface area contributed by atoms with Gasteiger partial charge in [-0.2, -0.15) is 0 Å². The molecular weight excluding hydrogens is 220 g/mol. The Morgan fingerprint density at radius 3 is 2.71 bits per heavy atom. The summed E-state index contributed by atoms with van der Waals surface area (Å²) in [6, 6.07) is -0.915. The normalized spacial score (nSPS) is 33.5. The van der Waals surface area contributed by atoms with Crippen LogP contribution in [0.4, 0.5) is 0 Å². The fraction of sp³-hybridized carbons (Fsp3) is 0.833. The number of carboxylic acids is 1. The molecule has 0 spiro atoms. The number of rotatable bonds is 3. The summed E-state index contributed by atoms with van der Waals surface area (Å²) in [6.07, 6.45) is 3.11. The number of nitrogens with zero attached hydrogens (tertiary/aromatic N) is 1. The number of hydrogen-bond donors (Lipinski definition) is 2. The lowest BCUT2D eigenvalue weighted by atomic mass is 9.94. The SMILES string of the molecule is CNC(C)C(=O)N1CC2CCCC2C1C(=O)O. The van der Waals surface area contributed by atoms with E-state index in [1.807, 2.05) is 0 Å². The topological polar surface area (TPSA) is 69.6 Å². The van der Waals surface area contributed by atoms with Crippen LogP contribution >= 0.6 is 0 Å². The van der Waals surface area contributed by atoms with Crippen molar-refractivity contribution < 1.29 is 14.7 Å². The molecule has 0 radical (unpaired) electrons. The van der Waals surface area contributed by atoms with Crippen LogP contribution in [0.2, 0.25) is 0 Å². The maximum atomic E-state index is 12.1. The first-order valence-corrected chi connectivity index (χ1v) is 6.26. The molecule has 5 heteroatoms. The van der Waals surface area contributed by atoms with E-state index >= 15 is 0 Å². The zero-order valence-electron chi connectivity index (χ0n) is 10.3. The Bertz CT molecular complexity index is 332. The lowest BCUT2D eigenvalue weighted by Gasteiger charge is -2.26. The maximum absolute atomic E-state index is 12.1. The van der Waals surface area contributed by atoms with Gasteiger partial charge < -0.3 is 15.3 Å². The van der Waals surface area contributed by atoms with Crippen LogP contribution in [-0.4, -0.2) is 47.6 Å². The molecule has 4 atom stereocenters. The highest BCUT2D eigenvalue weighted by atomic mass is 16.4. The number of fused-ring (bicyclic) bond motifs is 1. The van der Waals surface area contributed by atoms with Crippen molar-refractivity contribution in [3.05, 3.63) is 0 Å². The largest absolute Gasteiger partial charge is 0.480 e. The van der Waals surface area contributed by atoms with Crippen LogP contribution in [0.15, 0.2) is 0 Å². The second kappa shape index (κ2) is 4.64. The molecular formula is C12H20N2O3. The first-order valence-electron chi connectivity index (χ1n) is 6.26. The average Bonchev–Trinajstić information content (AvgIpc) is 2.85. The minimum atomic E-state index is -0.851. The van der Waals surface area contributed by atoms with Crippen molar-refractivity contribution in [2.45, 2.75) is 38.3 Å². The van der Waals surface area contributed by atoms with E-state index in [0.29, 0.717) is 12.5 Å². The van der Waals surface area contributed by atoms with Crippen molar-refractivity contribution >= 4 is 11.9 Å². The summed E-state index contributed by atoms with van der Waals surface area (Å²) in [7, 11) is 1.72. The number of amides is 1. The van der Waals surface area contributed by atoms with Crippen molar-refractivity contribution in [1.29, 1.82) is 0 Å². The number of carboxylic acid groups (broad SMARTS) is 1. The second-order valence-corrected chi connectivity index (χ2v) is 5.14. The molecule has 2 rings (SSSR count). The minimum Gasteiger partial charge on any atom is -0.480 e. The third-order valence-electron chi connectivity index (χ3n) is 4.23. The Hall–Kier alpha value is -1.10. The van der Waals surface area contributed by atoms with E-state index < -0.39 is 12.0 Å². The Balaban J connectivity index is 2.17. The molecule has 0 aromatic carbocycles. The quantitative estimate of drug-likeness (QED) is 0.744. The molecule has 1 aliphatic carbocycles. The monoisotopic (exact) mass is 240 g/mol. The van der Waals surface area contributed by atoms with E-state index in [1.54, 1.807) is 18.9 Å². The third-order valence-corrected chi connectivity index (χ3v) is 4.23. The lowest BCUT2D eigenvalue weighted by Crippen LogP contribution is -2.49. The summed E-state index contributed by atoms with van der Waals surface area (Å²) in [4.78, 5) is 25.0. The van der Waals surface area contributed by atoms with Crippen LogP contribution in [0.1, 0.15) is 26.2 Å². The van der Waals surface area contributed by atoms with Crippen molar-refractivity contribution in [3.63, 3.8) is 0 Å². The molecule has 1 saturated heterocycles. The van der Waals surface area contributed by atoms with Crippen LogP contribution in [0, 0.1) is 11.8 Å². The Morgan fingerprint density at radius 2 is 2.12 bits per heavy atom. The van der Waals surface area contributed by atoms with Gasteiger partial charge in [-0.25, -0.2) is 4.79 Å². The van der Waals surface area contributed by atoms with Crippen molar-refractivity contribution in [1.82, 2.24) is 10.2 Å². The molecule has 2 aliphatic rings. The fourth-order valence-corrected chi connectivity index (χ4v) is 3.22. The van der Waals surface area contributed by atoms with Gasteiger partial charge in [-0.05, 0) is 38.6 Å². The molecule has 1 saturated carbocycles. The number of likely N-dealkylation sites (N-methyl/N-ethyl adjacent to an activating group) is 1. The van der Waals surface area contributed by atoms with Crippen molar-refractivity contribution in [2.75, 3.05) is 13.6 Å². The first-order chi connectivity index (χ1) is 8.06. The molecule has 0 bridgehead atoms. The Kier molecular flexibility index (Phi) is 3.38. The molecule has 1 amide bonds. The lowest BCUT2D eigenvalue weighted by molar-refractivity contribution is -0.150. The van der Waals surface area contributed by atoms with Crippen molar-refractivity contribution in [2.24, 2.45) is 11.8 Å². The zero-order valence-corrected chi connectivity index (χ0v) is 10.3. The molecule has 1 aliphatic heterocycles. The fourth-order valence-electron chi connectivity index (χ4n) is 3.22. The van der Waals surface area contributed by atoms with Gasteiger partial charge in [-0.15, -0.1) is 0 Å². The van der Waals surface area contributed by atoms with E-state index in [1.165, 1.54) is 0 Å². The minimum absolute atomic E-state index is 0.0886. The molecule has 17 heavy (non-hydrogen) atoms. The molecule has 4 unspecified atom stereocenters. The van der Waals surface area contributed by atoms with Gasteiger partial charge in [0.05, 0.1) is 6.04 Å². The molecule has 0 aromatic rings. The van der Waals surface area contributed by atoms with Gasteiger partial charge >= 0.3 is 5.97 Å². The van der Waals surface area contributed by atoms with Gasteiger partial charge in [0.15, 0.2) is 0 Å². The summed E-state index contributed by atoms with van der Waals surface area (Å²) in [6.45, 7) is 2.39. The van der Waals surface area contributed by atoms with Crippen LogP contribution in [-0.2, 0) is 9.59 Å². The molecule has 96 valence electrons. The van der Waals surface area contributed by atoms with E-state index in [4.69, 9.17) is 0 Å². The van der Waals surface area contributed by atoms with Gasteiger partial charge in [0, 0.05) is 6.54 Å². The van der Waals surface area contributed by atoms with E-state index in [2.05, 4.69) is 5.32 Å². The molecule has 5 nitrogen and oxygen atoms in total. The number of carbonyl (C=O) groups is 2. The van der Waals surface area contributed by atoms with Gasteiger partial charge in [0.2, 0.25) is 5.91 Å². The highest BCUT2D eigenvalue weighted by molar-refractivity contribution is 5.87. The van der Waals surface area contributed by atoms with Gasteiger partial charge in [-0.3, -0.25) is 4.79 Å². The summed E-state index contributed by atoms with van der Waals surface area (Å²) in [5.74, 6) is -0.380. The van der Waals surface area contributed by atoms with E-state index in [0.717, 1.165) is 19.3 Å². The predicted molar refractivity (Wildman–Crippen MR) is 62.5 cm³/mol.